The first-order chi connectivity index (χ1) is 14.1. The first kappa shape index (κ1) is 22.5. The van der Waals surface area contributed by atoms with E-state index in [0.717, 1.165) is 11.4 Å². The van der Waals surface area contributed by atoms with Gasteiger partial charge in [-0.25, -0.2) is 27.8 Å². The normalized spacial score (nSPS) is 11.7. The highest BCUT2D eigenvalue weighted by molar-refractivity contribution is 7.89. The SMILES string of the molecule is Cc1cc(C)n(-c2cc(NCCNS(=O)(=O)c3cc(C)c(Cl)cc3Cl)nc(C)n2)n1. The van der Waals surface area contributed by atoms with Crippen LogP contribution in [0.5, 0.6) is 0 Å². The number of aryl methyl sites for hydroxylation is 4. The Morgan fingerprint density at radius 3 is 2.37 bits per heavy atom. The molecule has 160 valence electrons. The summed E-state index contributed by atoms with van der Waals surface area (Å²) < 4.78 is 29.4. The van der Waals surface area contributed by atoms with Crippen molar-refractivity contribution in [3.05, 3.63) is 57.1 Å². The van der Waals surface area contributed by atoms with Crippen molar-refractivity contribution >= 4 is 39.0 Å². The molecule has 0 saturated heterocycles. The summed E-state index contributed by atoms with van der Waals surface area (Å²) >= 11 is 12.0. The number of nitrogens with zero attached hydrogens (tertiary/aromatic N) is 4. The number of aromatic nitrogens is 4. The maximum absolute atomic E-state index is 12.6. The van der Waals surface area contributed by atoms with Crippen LogP contribution >= 0.6 is 23.2 Å². The Bertz CT molecular complexity index is 1190. The minimum Gasteiger partial charge on any atom is -0.369 e. The van der Waals surface area contributed by atoms with E-state index in [0.29, 0.717) is 34.6 Å². The second-order valence-corrected chi connectivity index (χ2v) is 9.40. The molecule has 3 rings (SSSR count). The predicted molar refractivity (Wildman–Crippen MR) is 118 cm³/mol. The van der Waals surface area contributed by atoms with Gasteiger partial charge in [0.1, 0.15) is 16.5 Å². The molecule has 2 aromatic heterocycles. The van der Waals surface area contributed by atoms with Gasteiger partial charge in [0, 0.05) is 29.9 Å². The van der Waals surface area contributed by atoms with Crippen LogP contribution in [0.3, 0.4) is 0 Å². The lowest BCUT2D eigenvalue weighted by Gasteiger charge is -2.12. The van der Waals surface area contributed by atoms with Gasteiger partial charge in [0.05, 0.1) is 10.7 Å². The van der Waals surface area contributed by atoms with Gasteiger partial charge in [0.2, 0.25) is 10.0 Å². The number of nitrogens with one attached hydrogen (secondary N) is 2. The largest absolute Gasteiger partial charge is 0.369 e. The quantitative estimate of drug-likeness (QED) is 0.513. The number of sulfonamides is 1. The molecule has 0 unspecified atom stereocenters. The van der Waals surface area contributed by atoms with Crippen molar-refractivity contribution in [1.82, 2.24) is 24.5 Å². The van der Waals surface area contributed by atoms with Crippen molar-refractivity contribution in [3.8, 4) is 5.82 Å². The van der Waals surface area contributed by atoms with Crippen molar-refractivity contribution in [2.45, 2.75) is 32.6 Å². The molecule has 0 saturated carbocycles. The molecule has 0 aliphatic heterocycles. The fourth-order valence-corrected chi connectivity index (χ4v) is 4.76. The average molecular weight is 469 g/mol. The van der Waals surface area contributed by atoms with Gasteiger partial charge in [-0.05, 0) is 51.5 Å². The average Bonchev–Trinajstić information content (AvgIpc) is 2.99. The third kappa shape index (κ3) is 5.10. The maximum Gasteiger partial charge on any atom is 0.242 e. The van der Waals surface area contributed by atoms with Crippen LogP contribution in [-0.4, -0.2) is 41.3 Å². The van der Waals surface area contributed by atoms with Crippen LogP contribution in [0.2, 0.25) is 10.0 Å². The monoisotopic (exact) mass is 468 g/mol. The van der Waals surface area contributed by atoms with E-state index in [2.05, 4.69) is 25.1 Å². The van der Waals surface area contributed by atoms with Crippen LogP contribution in [-0.2, 0) is 10.0 Å². The number of rotatable bonds is 7. The van der Waals surface area contributed by atoms with Crippen LogP contribution in [0.1, 0.15) is 22.8 Å². The second kappa shape index (κ2) is 8.89. The second-order valence-electron chi connectivity index (χ2n) is 6.85. The minimum absolute atomic E-state index is 0.00393. The third-order valence-electron chi connectivity index (χ3n) is 4.28. The smallest absolute Gasteiger partial charge is 0.242 e. The lowest BCUT2D eigenvalue weighted by molar-refractivity contribution is 0.583. The highest BCUT2D eigenvalue weighted by Gasteiger charge is 2.19. The van der Waals surface area contributed by atoms with E-state index in [1.54, 1.807) is 24.6 Å². The van der Waals surface area contributed by atoms with E-state index in [4.69, 9.17) is 23.2 Å². The van der Waals surface area contributed by atoms with Crippen molar-refractivity contribution in [3.63, 3.8) is 0 Å². The summed E-state index contributed by atoms with van der Waals surface area (Å²) in [6.07, 6.45) is 0. The Hall–Kier alpha value is -2.20. The van der Waals surface area contributed by atoms with Gasteiger partial charge >= 0.3 is 0 Å². The number of hydrogen-bond acceptors (Lipinski definition) is 6. The zero-order valence-corrected chi connectivity index (χ0v) is 19.3. The van der Waals surface area contributed by atoms with Gasteiger partial charge in [-0.3, -0.25) is 0 Å². The Morgan fingerprint density at radius 2 is 1.70 bits per heavy atom. The summed E-state index contributed by atoms with van der Waals surface area (Å²) in [7, 11) is -3.77. The molecule has 0 radical (unpaired) electrons. The lowest BCUT2D eigenvalue weighted by Crippen LogP contribution is -2.29. The number of benzene rings is 1. The van der Waals surface area contributed by atoms with Crippen LogP contribution in [0, 0.1) is 27.7 Å². The summed E-state index contributed by atoms with van der Waals surface area (Å²) in [5.41, 5.74) is 2.48. The molecule has 0 aliphatic rings. The van der Waals surface area contributed by atoms with Crippen molar-refractivity contribution in [1.29, 1.82) is 0 Å². The topological polar surface area (TPSA) is 102 Å². The predicted octanol–water partition coefficient (Wildman–Crippen LogP) is 3.59. The fourth-order valence-electron chi connectivity index (χ4n) is 2.90. The number of halogens is 2. The van der Waals surface area contributed by atoms with Crippen LogP contribution in [0.25, 0.3) is 5.82 Å². The molecule has 0 amide bonds. The summed E-state index contributed by atoms with van der Waals surface area (Å²) in [5, 5.41) is 8.03. The minimum atomic E-state index is -3.77. The molecule has 0 bridgehead atoms. The molecule has 0 spiro atoms. The molecule has 8 nitrogen and oxygen atoms in total. The van der Waals surface area contributed by atoms with Gasteiger partial charge < -0.3 is 5.32 Å². The van der Waals surface area contributed by atoms with Crippen molar-refractivity contribution < 1.29 is 8.42 Å². The molecule has 2 N–H and O–H groups in total. The number of anilines is 1. The first-order valence-corrected chi connectivity index (χ1v) is 11.4. The van der Waals surface area contributed by atoms with Crippen LogP contribution in [0.4, 0.5) is 5.82 Å². The third-order valence-corrected chi connectivity index (χ3v) is 6.61. The zero-order chi connectivity index (χ0) is 22.1. The Kier molecular flexibility index (Phi) is 6.66. The van der Waals surface area contributed by atoms with E-state index in [1.807, 2.05) is 19.9 Å². The Labute approximate surface area is 185 Å². The van der Waals surface area contributed by atoms with Crippen LogP contribution in [0.15, 0.2) is 29.2 Å². The highest BCUT2D eigenvalue weighted by Crippen LogP contribution is 2.28. The maximum atomic E-state index is 12.6. The molecule has 30 heavy (non-hydrogen) atoms. The first-order valence-electron chi connectivity index (χ1n) is 9.15. The molecular weight excluding hydrogens is 447 g/mol. The Balaban J connectivity index is 1.67. The van der Waals surface area contributed by atoms with Gasteiger partial charge in [0.25, 0.3) is 0 Å². The molecule has 2 heterocycles. The highest BCUT2D eigenvalue weighted by atomic mass is 35.5. The molecule has 1 aromatic carbocycles. The van der Waals surface area contributed by atoms with Crippen LogP contribution < -0.4 is 10.0 Å². The fraction of sp³-hybridized carbons (Fsp3) is 0.316. The summed E-state index contributed by atoms with van der Waals surface area (Å²) in [5.74, 6) is 1.79. The van der Waals surface area contributed by atoms with Gasteiger partial charge in [-0.1, -0.05) is 23.2 Å². The summed E-state index contributed by atoms with van der Waals surface area (Å²) in [4.78, 5) is 8.77. The molecule has 11 heteroatoms. The lowest BCUT2D eigenvalue weighted by atomic mass is 10.2. The van der Waals surface area contributed by atoms with Gasteiger partial charge in [-0.15, -0.1) is 0 Å². The molecule has 3 aromatic rings. The zero-order valence-electron chi connectivity index (χ0n) is 17.0. The molecule has 0 fully saturated rings. The standard InChI is InChI=1S/C19H22Cl2N6O2S/c1-11-7-17(16(21)9-15(11)20)30(28,29)23-6-5-22-18-10-19(25-14(4)24-18)27-13(3)8-12(2)26-27/h7-10,23H,5-6H2,1-4H3,(H,22,24,25). The van der Waals surface area contributed by atoms with E-state index in [-0.39, 0.29) is 16.5 Å². The molecule has 0 atom stereocenters. The summed E-state index contributed by atoms with van der Waals surface area (Å²) in [6, 6.07) is 6.60. The van der Waals surface area contributed by atoms with E-state index >= 15 is 0 Å². The Morgan fingerprint density at radius 1 is 0.967 bits per heavy atom. The van der Waals surface area contributed by atoms with Gasteiger partial charge in [-0.2, -0.15) is 5.10 Å². The molecule has 0 aliphatic carbocycles. The molecular formula is C19H22Cl2N6O2S. The van der Waals surface area contributed by atoms with E-state index < -0.39 is 10.0 Å². The van der Waals surface area contributed by atoms with E-state index in [9.17, 15) is 8.42 Å². The van der Waals surface area contributed by atoms with E-state index in [1.165, 1.54) is 12.1 Å². The summed E-state index contributed by atoms with van der Waals surface area (Å²) in [6.45, 7) is 7.82. The van der Waals surface area contributed by atoms with Crippen molar-refractivity contribution in [2.24, 2.45) is 0 Å². The number of hydrogen-bond donors (Lipinski definition) is 2. The van der Waals surface area contributed by atoms with Crippen molar-refractivity contribution in [2.75, 3.05) is 18.4 Å². The van der Waals surface area contributed by atoms with Gasteiger partial charge in [0.15, 0.2) is 5.82 Å².